The van der Waals surface area contributed by atoms with Gasteiger partial charge in [0.15, 0.2) is 5.84 Å². The number of hydrogen-bond donors (Lipinski definition) is 0. The van der Waals surface area contributed by atoms with Crippen molar-refractivity contribution < 1.29 is 4.79 Å². The molecule has 0 unspecified atom stereocenters. The highest BCUT2D eigenvalue weighted by molar-refractivity contribution is 6.00. The number of isocyanates is 1. The van der Waals surface area contributed by atoms with E-state index in [1.807, 2.05) is 37.3 Å². The number of aliphatic imine (C=N–C) groups is 1. The number of rotatable bonds is 3. The normalized spacial score (nSPS) is 12.1. The second-order valence-corrected chi connectivity index (χ2v) is 3.12. The molecule has 1 aromatic rings. The molecule has 0 radical (unpaired) electrons. The van der Waals surface area contributed by atoms with Crippen LogP contribution in [0.15, 0.2) is 45.5 Å². The number of hydrogen-bond acceptors (Lipinski definition) is 3. The van der Waals surface area contributed by atoms with Gasteiger partial charge in [0.05, 0.1) is 5.71 Å². The molecule has 0 N–H and O–H groups in total. The molecule has 4 nitrogen and oxygen atoms in total. The molecule has 0 saturated carbocycles. The minimum absolute atomic E-state index is 0.303. The van der Waals surface area contributed by atoms with E-state index in [-0.39, 0.29) is 0 Å². The summed E-state index contributed by atoms with van der Waals surface area (Å²) in [7, 11) is 0. The lowest BCUT2D eigenvalue weighted by Gasteiger charge is -2.00. The van der Waals surface area contributed by atoms with Crippen molar-refractivity contribution in [2.24, 2.45) is 15.2 Å². The van der Waals surface area contributed by atoms with Crippen molar-refractivity contribution in [2.45, 2.75) is 20.3 Å². The van der Waals surface area contributed by atoms with Crippen LogP contribution >= 0.6 is 0 Å². The Morgan fingerprint density at radius 2 is 1.94 bits per heavy atom. The summed E-state index contributed by atoms with van der Waals surface area (Å²) in [5.41, 5.74) is 1.89. The van der Waals surface area contributed by atoms with Gasteiger partial charge in [-0.2, -0.15) is 10.1 Å². The van der Waals surface area contributed by atoms with Crippen LogP contribution in [0.4, 0.5) is 0 Å². The Hall–Kier alpha value is -2.06. The van der Waals surface area contributed by atoms with Gasteiger partial charge in [-0.25, -0.2) is 4.79 Å². The summed E-state index contributed by atoms with van der Waals surface area (Å²) in [6.45, 7) is 3.60. The van der Waals surface area contributed by atoms with E-state index in [0.29, 0.717) is 5.84 Å². The average molecular weight is 215 g/mol. The Kier molecular flexibility index (Phi) is 4.83. The smallest absolute Gasteiger partial charge is 0.211 e. The predicted octanol–water partition coefficient (Wildman–Crippen LogP) is 2.55. The van der Waals surface area contributed by atoms with Gasteiger partial charge in [0.2, 0.25) is 6.08 Å². The van der Waals surface area contributed by atoms with Crippen molar-refractivity contribution in [3.8, 4) is 0 Å². The fraction of sp³-hybridized carbons (Fsp3) is 0.250. The Balaban J connectivity index is 2.95. The largest absolute Gasteiger partial charge is 0.241 e. The first-order valence-corrected chi connectivity index (χ1v) is 5.02. The molecule has 0 aliphatic carbocycles. The van der Waals surface area contributed by atoms with Gasteiger partial charge in [-0.15, -0.1) is 5.10 Å². The Morgan fingerprint density at radius 3 is 2.50 bits per heavy atom. The molecule has 0 saturated heterocycles. The van der Waals surface area contributed by atoms with Gasteiger partial charge in [0.1, 0.15) is 0 Å². The number of benzene rings is 1. The van der Waals surface area contributed by atoms with E-state index in [9.17, 15) is 4.79 Å². The molecular weight excluding hydrogens is 202 g/mol. The first-order chi connectivity index (χ1) is 7.77. The highest BCUT2D eigenvalue weighted by Gasteiger charge is 1.99. The van der Waals surface area contributed by atoms with Crippen LogP contribution in [0.1, 0.15) is 25.8 Å². The van der Waals surface area contributed by atoms with Crippen LogP contribution in [-0.4, -0.2) is 17.6 Å². The highest BCUT2D eigenvalue weighted by Crippen LogP contribution is 2.04. The fourth-order valence-electron chi connectivity index (χ4n) is 1.18. The fourth-order valence-corrected chi connectivity index (χ4v) is 1.18. The first kappa shape index (κ1) is 12.0. The molecular formula is C12H13N3O. The molecule has 4 heteroatoms. The maximum absolute atomic E-state index is 9.98. The molecule has 0 aliphatic rings. The summed E-state index contributed by atoms with van der Waals surface area (Å²) < 4.78 is 0. The van der Waals surface area contributed by atoms with Crippen LogP contribution in [-0.2, 0) is 4.79 Å². The number of carbonyl (C=O) groups excluding carboxylic acids is 1. The molecule has 16 heavy (non-hydrogen) atoms. The molecule has 1 rings (SSSR count). The van der Waals surface area contributed by atoms with Crippen LogP contribution in [0.25, 0.3) is 0 Å². The van der Waals surface area contributed by atoms with E-state index < -0.39 is 0 Å². The third kappa shape index (κ3) is 3.59. The monoisotopic (exact) mass is 215 g/mol. The Morgan fingerprint density at radius 1 is 1.25 bits per heavy atom. The molecule has 0 fully saturated rings. The first-order valence-electron chi connectivity index (χ1n) is 5.02. The van der Waals surface area contributed by atoms with Crippen molar-refractivity contribution in [1.82, 2.24) is 0 Å². The zero-order valence-electron chi connectivity index (χ0n) is 9.34. The maximum Gasteiger partial charge on any atom is 0.241 e. The molecule has 1 aromatic carbocycles. The van der Waals surface area contributed by atoms with E-state index in [4.69, 9.17) is 0 Å². The average Bonchev–Trinajstić information content (AvgIpc) is 2.31. The lowest BCUT2D eigenvalue weighted by Crippen LogP contribution is -1.98. The van der Waals surface area contributed by atoms with Crippen molar-refractivity contribution in [1.29, 1.82) is 0 Å². The zero-order valence-corrected chi connectivity index (χ0v) is 9.34. The molecule has 0 spiro atoms. The van der Waals surface area contributed by atoms with Gasteiger partial charge < -0.3 is 0 Å². The predicted molar refractivity (Wildman–Crippen MR) is 64.5 cm³/mol. The van der Waals surface area contributed by atoms with Gasteiger partial charge in [-0.3, -0.25) is 0 Å². The maximum atomic E-state index is 9.98. The second-order valence-electron chi connectivity index (χ2n) is 3.12. The Bertz CT molecular complexity index is 443. The SMILES string of the molecule is CC/C(=N\N=C(/C)N=C=O)c1ccccc1. The van der Waals surface area contributed by atoms with Gasteiger partial charge in [-0.05, 0) is 18.9 Å². The minimum Gasteiger partial charge on any atom is -0.211 e. The van der Waals surface area contributed by atoms with Gasteiger partial charge in [0.25, 0.3) is 0 Å². The quantitative estimate of drug-likeness (QED) is 0.331. The third-order valence-electron chi connectivity index (χ3n) is 1.96. The van der Waals surface area contributed by atoms with Crippen LogP contribution in [0.2, 0.25) is 0 Å². The van der Waals surface area contributed by atoms with Gasteiger partial charge in [-0.1, -0.05) is 37.3 Å². The lowest BCUT2D eigenvalue weighted by atomic mass is 10.1. The molecule has 0 atom stereocenters. The zero-order chi connectivity index (χ0) is 11.8. The van der Waals surface area contributed by atoms with Gasteiger partial charge in [0, 0.05) is 0 Å². The summed E-state index contributed by atoms with van der Waals surface area (Å²) in [6.07, 6.45) is 2.19. The topological polar surface area (TPSA) is 54.1 Å². The molecule has 0 amide bonds. The van der Waals surface area contributed by atoms with Crippen molar-refractivity contribution in [3.05, 3.63) is 35.9 Å². The summed E-state index contributed by atoms with van der Waals surface area (Å²) >= 11 is 0. The second kappa shape index (κ2) is 6.43. The molecule has 82 valence electrons. The van der Waals surface area contributed by atoms with Crippen molar-refractivity contribution in [3.63, 3.8) is 0 Å². The highest BCUT2D eigenvalue weighted by atomic mass is 16.1. The summed E-state index contributed by atoms with van der Waals surface area (Å²) in [4.78, 5) is 13.3. The molecule has 0 aliphatic heterocycles. The standard InChI is InChI=1S/C12H13N3O/c1-3-12(11-7-5-4-6-8-11)15-14-10(2)13-9-16/h4-8H,3H2,1-2H3/b14-10+,15-12+. The van der Waals surface area contributed by atoms with E-state index >= 15 is 0 Å². The third-order valence-corrected chi connectivity index (χ3v) is 1.96. The number of amidine groups is 1. The minimum atomic E-state index is 0.303. The van der Waals surface area contributed by atoms with Crippen molar-refractivity contribution in [2.75, 3.05) is 0 Å². The van der Waals surface area contributed by atoms with E-state index in [2.05, 4.69) is 15.2 Å². The summed E-state index contributed by atoms with van der Waals surface area (Å²) in [5.74, 6) is 0.303. The van der Waals surface area contributed by atoms with Crippen LogP contribution in [0, 0.1) is 0 Å². The number of nitrogens with zero attached hydrogens (tertiary/aromatic N) is 3. The van der Waals surface area contributed by atoms with Crippen LogP contribution in [0.3, 0.4) is 0 Å². The lowest BCUT2D eigenvalue weighted by molar-refractivity contribution is 0.565. The van der Waals surface area contributed by atoms with Crippen molar-refractivity contribution >= 4 is 17.6 Å². The van der Waals surface area contributed by atoms with Gasteiger partial charge >= 0.3 is 0 Å². The Labute approximate surface area is 94.4 Å². The van der Waals surface area contributed by atoms with E-state index in [1.165, 1.54) is 6.08 Å². The van der Waals surface area contributed by atoms with Crippen LogP contribution < -0.4 is 0 Å². The summed E-state index contributed by atoms with van der Waals surface area (Å²) in [6, 6.07) is 9.77. The molecule has 0 aromatic heterocycles. The van der Waals surface area contributed by atoms with E-state index in [1.54, 1.807) is 6.92 Å². The molecule has 0 bridgehead atoms. The summed E-state index contributed by atoms with van der Waals surface area (Å²) in [5, 5.41) is 7.90. The van der Waals surface area contributed by atoms with Crippen LogP contribution in [0.5, 0.6) is 0 Å². The molecule has 0 heterocycles. The van der Waals surface area contributed by atoms with E-state index in [0.717, 1.165) is 17.7 Å².